The summed E-state index contributed by atoms with van der Waals surface area (Å²) in [4.78, 5) is 16.8. The minimum absolute atomic E-state index is 0.0465. The molecule has 0 spiro atoms. The number of fused-ring (bicyclic) bond motifs is 1. The van der Waals surface area contributed by atoms with Crippen LogP contribution in [-0.2, 0) is 6.54 Å². The van der Waals surface area contributed by atoms with Gasteiger partial charge < -0.3 is 5.11 Å². The van der Waals surface area contributed by atoms with Crippen molar-refractivity contribution in [2.75, 3.05) is 6.61 Å². The third-order valence-electron chi connectivity index (χ3n) is 3.34. The molecule has 0 aliphatic heterocycles. The SMILES string of the molecule is Cc1nc2ccccc2c(=O)n1CCCCCCO. The third-order valence-corrected chi connectivity index (χ3v) is 3.34. The van der Waals surface area contributed by atoms with Gasteiger partial charge in [-0.3, -0.25) is 9.36 Å². The molecule has 0 saturated carbocycles. The van der Waals surface area contributed by atoms with Crippen molar-refractivity contribution in [1.82, 2.24) is 9.55 Å². The molecule has 0 bridgehead atoms. The zero-order chi connectivity index (χ0) is 13.7. The Labute approximate surface area is 112 Å². The van der Waals surface area contributed by atoms with Crippen LogP contribution in [0.5, 0.6) is 0 Å². The van der Waals surface area contributed by atoms with Crippen molar-refractivity contribution >= 4 is 10.9 Å². The lowest BCUT2D eigenvalue weighted by Crippen LogP contribution is -2.24. The molecule has 1 N–H and O–H groups in total. The predicted molar refractivity (Wildman–Crippen MR) is 76.3 cm³/mol. The Kier molecular flexibility index (Phi) is 4.68. The normalized spacial score (nSPS) is 11.1. The summed E-state index contributed by atoms with van der Waals surface area (Å²) >= 11 is 0. The first kappa shape index (κ1) is 13.7. The topological polar surface area (TPSA) is 55.1 Å². The van der Waals surface area contributed by atoms with Crippen LogP contribution in [0.15, 0.2) is 29.1 Å². The van der Waals surface area contributed by atoms with Gasteiger partial charge in [0.15, 0.2) is 0 Å². The Balaban J connectivity index is 2.16. The summed E-state index contributed by atoms with van der Waals surface area (Å²) in [5.74, 6) is 0.769. The number of aryl methyl sites for hydroxylation is 1. The fourth-order valence-corrected chi connectivity index (χ4v) is 2.28. The number of aliphatic hydroxyl groups is 1. The lowest BCUT2D eigenvalue weighted by atomic mass is 10.2. The number of unbranched alkanes of at least 4 members (excludes halogenated alkanes) is 3. The molecule has 4 heteroatoms. The van der Waals surface area contributed by atoms with Crippen LogP contribution in [0.3, 0.4) is 0 Å². The van der Waals surface area contributed by atoms with Crippen LogP contribution in [0.1, 0.15) is 31.5 Å². The first-order valence-corrected chi connectivity index (χ1v) is 6.81. The highest BCUT2D eigenvalue weighted by Gasteiger charge is 2.06. The lowest BCUT2D eigenvalue weighted by molar-refractivity contribution is 0.282. The van der Waals surface area contributed by atoms with Crippen molar-refractivity contribution in [1.29, 1.82) is 0 Å². The number of rotatable bonds is 6. The summed E-state index contributed by atoms with van der Waals surface area (Å²) in [7, 11) is 0. The van der Waals surface area contributed by atoms with E-state index >= 15 is 0 Å². The summed E-state index contributed by atoms with van der Waals surface area (Å²) in [6.07, 6.45) is 3.81. The summed E-state index contributed by atoms with van der Waals surface area (Å²) in [6, 6.07) is 7.46. The molecule has 0 saturated heterocycles. The Bertz CT molecular complexity index is 605. The second-order valence-corrected chi connectivity index (χ2v) is 4.77. The molecular formula is C15H20N2O2. The summed E-state index contributed by atoms with van der Waals surface area (Å²) < 4.78 is 1.75. The van der Waals surface area contributed by atoms with Gasteiger partial charge in [-0.2, -0.15) is 0 Å². The number of para-hydroxylation sites is 1. The molecule has 19 heavy (non-hydrogen) atoms. The van der Waals surface area contributed by atoms with Gasteiger partial charge in [0.1, 0.15) is 5.82 Å². The van der Waals surface area contributed by atoms with Gasteiger partial charge in [-0.1, -0.05) is 25.0 Å². The second-order valence-electron chi connectivity index (χ2n) is 4.77. The number of benzene rings is 1. The monoisotopic (exact) mass is 260 g/mol. The molecule has 1 heterocycles. The minimum atomic E-state index is 0.0465. The van der Waals surface area contributed by atoms with Crippen molar-refractivity contribution in [2.24, 2.45) is 0 Å². The molecule has 4 nitrogen and oxygen atoms in total. The first-order valence-electron chi connectivity index (χ1n) is 6.81. The number of hydrogen-bond acceptors (Lipinski definition) is 3. The van der Waals surface area contributed by atoms with E-state index in [0.29, 0.717) is 11.9 Å². The Morgan fingerprint density at radius 2 is 1.89 bits per heavy atom. The minimum Gasteiger partial charge on any atom is -0.396 e. The number of hydrogen-bond donors (Lipinski definition) is 1. The number of aliphatic hydroxyl groups excluding tert-OH is 1. The highest BCUT2D eigenvalue weighted by Crippen LogP contribution is 2.08. The van der Waals surface area contributed by atoms with Crippen LogP contribution in [-0.4, -0.2) is 21.3 Å². The molecule has 0 amide bonds. The van der Waals surface area contributed by atoms with Crippen molar-refractivity contribution < 1.29 is 5.11 Å². The van der Waals surface area contributed by atoms with Crippen molar-refractivity contribution in [3.63, 3.8) is 0 Å². The summed E-state index contributed by atoms with van der Waals surface area (Å²) in [5, 5.41) is 9.41. The van der Waals surface area contributed by atoms with E-state index in [4.69, 9.17) is 5.11 Å². The quantitative estimate of drug-likeness (QED) is 0.810. The first-order chi connectivity index (χ1) is 9.24. The maximum absolute atomic E-state index is 12.4. The molecule has 0 unspecified atom stereocenters. The molecule has 2 aromatic rings. The molecule has 0 aliphatic carbocycles. The van der Waals surface area contributed by atoms with Gasteiger partial charge in [-0.25, -0.2) is 4.98 Å². The van der Waals surface area contributed by atoms with Crippen molar-refractivity contribution in [3.05, 3.63) is 40.4 Å². The Morgan fingerprint density at radius 3 is 2.68 bits per heavy atom. The smallest absolute Gasteiger partial charge is 0.261 e. The molecule has 0 aliphatic rings. The van der Waals surface area contributed by atoms with E-state index in [1.165, 1.54) is 0 Å². The van der Waals surface area contributed by atoms with E-state index in [1.54, 1.807) is 4.57 Å². The average Bonchev–Trinajstić information content (AvgIpc) is 2.42. The Hall–Kier alpha value is -1.68. The summed E-state index contributed by atoms with van der Waals surface area (Å²) in [6.45, 7) is 2.83. The number of aromatic nitrogens is 2. The van der Waals surface area contributed by atoms with Crippen LogP contribution in [0, 0.1) is 6.92 Å². The second kappa shape index (κ2) is 6.48. The maximum Gasteiger partial charge on any atom is 0.261 e. The maximum atomic E-state index is 12.4. The fourth-order valence-electron chi connectivity index (χ4n) is 2.28. The molecule has 102 valence electrons. The van der Waals surface area contributed by atoms with Gasteiger partial charge in [0, 0.05) is 13.2 Å². The van der Waals surface area contributed by atoms with E-state index in [-0.39, 0.29) is 12.2 Å². The molecule has 1 aromatic heterocycles. The molecule has 0 atom stereocenters. The standard InChI is InChI=1S/C15H20N2O2/c1-12-16-14-9-5-4-8-13(14)15(19)17(12)10-6-2-3-7-11-18/h4-5,8-9,18H,2-3,6-7,10-11H2,1H3. The van der Waals surface area contributed by atoms with E-state index in [2.05, 4.69) is 4.98 Å². The third kappa shape index (κ3) is 3.20. The largest absolute Gasteiger partial charge is 0.396 e. The fraction of sp³-hybridized carbons (Fsp3) is 0.467. The van der Waals surface area contributed by atoms with E-state index in [0.717, 1.165) is 37.0 Å². The molecule has 0 radical (unpaired) electrons. The van der Waals surface area contributed by atoms with Crippen LogP contribution in [0.4, 0.5) is 0 Å². The van der Waals surface area contributed by atoms with Gasteiger partial charge >= 0.3 is 0 Å². The highest BCUT2D eigenvalue weighted by molar-refractivity contribution is 5.77. The van der Waals surface area contributed by atoms with Gasteiger partial charge in [0.05, 0.1) is 10.9 Å². The van der Waals surface area contributed by atoms with E-state index < -0.39 is 0 Å². The molecular weight excluding hydrogens is 240 g/mol. The van der Waals surface area contributed by atoms with E-state index in [1.807, 2.05) is 31.2 Å². The average molecular weight is 260 g/mol. The molecule has 2 rings (SSSR count). The predicted octanol–water partition coefficient (Wildman–Crippen LogP) is 2.26. The van der Waals surface area contributed by atoms with Gasteiger partial charge in [-0.05, 0) is 31.9 Å². The lowest BCUT2D eigenvalue weighted by Gasteiger charge is -2.10. The molecule has 1 aromatic carbocycles. The van der Waals surface area contributed by atoms with Crippen molar-refractivity contribution in [3.8, 4) is 0 Å². The zero-order valence-corrected chi connectivity index (χ0v) is 11.3. The van der Waals surface area contributed by atoms with Gasteiger partial charge in [0.2, 0.25) is 0 Å². The van der Waals surface area contributed by atoms with Crippen LogP contribution < -0.4 is 5.56 Å². The van der Waals surface area contributed by atoms with Crippen LogP contribution >= 0.6 is 0 Å². The number of nitrogens with zero attached hydrogens (tertiary/aromatic N) is 2. The van der Waals surface area contributed by atoms with Crippen LogP contribution in [0.25, 0.3) is 10.9 Å². The van der Waals surface area contributed by atoms with Crippen LogP contribution in [0.2, 0.25) is 0 Å². The van der Waals surface area contributed by atoms with Gasteiger partial charge in [-0.15, -0.1) is 0 Å². The van der Waals surface area contributed by atoms with Gasteiger partial charge in [0.25, 0.3) is 5.56 Å². The Morgan fingerprint density at radius 1 is 1.16 bits per heavy atom. The molecule has 0 fully saturated rings. The van der Waals surface area contributed by atoms with Crippen molar-refractivity contribution in [2.45, 2.75) is 39.2 Å². The summed E-state index contributed by atoms with van der Waals surface area (Å²) in [5.41, 5.74) is 0.812. The highest BCUT2D eigenvalue weighted by atomic mass is 16.2. The zero-order valence-electron chi connectivity index (χ0n) is 11.3. The van der Waals surface area contributed by atoms with E-state index in [9.17, 15) is 4.79 Å².